The molecule has 0 saturated heterocycles. The van der Waals surface area contributed by atoms with Gasteiger partial charge in [-0.25, -0.2) is 0 Å². The Morgan fingerprint density at radius 2 is 1.76 bits per heavy atom. The predicted octanol–water partition coefficient (Wildman–Crippen LogP) is 4.51. The van der Waals surface area contributed by atoms with Crippen molar-refractivity contribution in [1.82, 2.24) is 0 Å². The van der Waals surface area contributed by atoms with Crippen molar-refractivity contribution in [2.24, 2.45) is 17.6 Å². The molecule has 2 N–H and O–H groups in total. The van der Waals surface area contributed by atoms with Gasteiger partial charge in [-0.1, -0.05) is 33.1 Å². The lowest BCUT2D eigenvalue weighted by Gasteiger charge is -2.20. The Hall–Kier alpha value is -0.250. The topological polar surface area (TPSA) is 26.0 Å². The molecular formula is C13H26F3N. The van der Waals surface area contributed by atoms with E-state index in [-0.39, 0.29) is 12.3 Å². The first kappa shape index (κ1) is 16.8. The summed E-state index contributed by atoms with van der Waals surface area (Å²) in [5, 5.41) is 0. The Labute approximate surface area is 103 Å². The highest BCUT2D eigenvalue weighted by Crippen LogP contribution is 2.28. The Balaban J connectivity index is 3.77. The summed E-state index contributed by atoms with van der Waals surface area (Å²) < 4.78 is 36.2. The van der Waals surface area contributed by atoms with Crippen molar-refractivity contribution >= 4 is 0 Å². The smallest absolute Gasteiger partial charge is 0.330 e. The Kier molecular flexibility index (Phi) is 8.66. The molecule has 1 nitrogen and oxygen atoms in total. The highest BCUT2D eigenvalue weighted by Gasteiger charge is 2.27. The van der Waals surface area contributed by atoms with Gasteiger partial charge in [0.15, 0.2) is 0 Å². The summed E-state index contributed by atoms with van der Waals surface area (Å²) in [5.41, 5.74) is 5.43. The molecule has 0 aliphatic heterocycles. The van der Waals surface area contributed by atoms with Crippen molar-refractivity contribution in [3.63, 3.8) is 0 Å². The average molecular weight is 253 g/mol. The predicted molar refractivity (Wildman–Crippen MR) is 65.8 cm³/mol. The van der Waals surface area contributed by atoms with Crippen LogP contribution in [0.4, 0.5) is 13.2 Å². The SMILES string of the molecule is CCC(CCCCN)CC(C)CCC(F)(F)F. The van der Waals surface area contributed by atoms with Crippen LogP contribution < -0.4 is 5.73 Å². The van der Waals surface area contributed by atoms with Crippen molar-refractivity contribution in [3.8, 4) is 0 Å². The second-order valence-electron chi connectivity index (χ2n) is 5.05. The minimum Gasteiger partial charge on any atom is -0.330 e. The fourth-order valence-corrected chi connectivity index (χ4v) is 2.16. The molecule has 0 amide bonds. The van der Waals surface area contributed by atoms with Crippen LogP contribution in [0.15, 0.2) is 0 Å². The maximum atomic E-state index is 12.1. The number of hydrogen-bond acceptors (Lipinski definition) is 1. The van der Waals surface area contributed by atoms with Gasteiger partial charge in [0.05, 0.1) is 0 Å². The third-order valence-corrected chi connectivity index (χ3v) is 3.30. The van der Waals surface area contributed by atoms with E-state index in [9.17, 15) is 13.2 Å². The highest BCUT2D eigenvalue weighted by atomic mass is 19.4. The van der Waals surface area contributed by atoms with Crippen LogP contribution in [-0.4, -0.2) is 12.7 Å². The molecule has 0 aromatic carbocycles. The standard InChI is InChI=1S/C13H26F3N/c1-3-12(6-4-5-9-17)10-11(2)7-8-13(14,15)16/h11-12H,3-10,17H2,1-2H3. The summed E-state index contributed by atoms with van der Waals surface area (Å²) in [5.74, 6) is 0.726. The van der Waals surface area contributed by atoms with Gasteiger partial charge in [-0.2, -0.15) is 13.2 Å². The molecule has 2 atom stereocenters. The average Bonchev–Trinajstić information content (AvgIpc) is 2.24. The normalized spacial score (nSPS) is 15.9. The lowest BCUT2D eigenvalue weighted by atomic mass is 9.87. The molecular weight excluding hydrogens is 227 g/mol. The van der Waals surface area contributed by atoms with Crippen LogP contribution in [0.3, 0.4) is 0 Å². The van der Waals surface area contributed by atoms with Gasteiger partial charge < -0.3 is 5.73 Å². The molecule has 4 heteroatoms. The van der Waals surface area contributed by atoms with Crippen LogP contribution in [0.25, 0.3) is 0 Å². The van der Waals surface area contributed by atoms with Crippen molar-refractivity contribution < 1.29 is 13.2 Å². The van der Waals surface area contributed by atoms with E-state index in [0.29, 0.717) is 12.5 Å². The first-order valence-corrected chi connectivity index (χ1v) is 6.65. The third kappa shape index (κ3) is 10.6. The van der Waals surface area contributed by atoms with E-state index >= 15 is 0 Å². The number of hydrogen-bond donors (Lipinski definition) is 1. The number of rotatable bonds is 9. The van der Waals surface area contributed by atoms with E-state index in [0.717, 1.165) is 32.1 Å². The fourth-order valence-electron chi connectivity index (χ4n) is 2.16. The van der Waals surface area contributed by atoms with Crippen LogP contribution in [-0.2, 0) is 0 Å². The third-order valence-electron chi connectivity index (χ3n) is 3.30. The zero-order valence-electron chi connectivity index (χ0n) is 11.0. The molecule has 0 saturated carbocycles. The van der Waals surface area contributed by atoms with Gasteiger partial charge in [-0.3, -0.25) is 0 Å². The van der Waals surface area contributed by atoms with Crippen LogP contribution in [0, 0.1) is 11.8 Å². The van der Waals surface area contributed by atoms with Crippen LogP contribution in [0.2, 0.25) is 0 Å². The Morgan fingerprint density at radius 1 is 1.12 bits per heavy atom. The summed E-state index contributed by atoms with van der Waals surface area (Å²) in [6.07, 6.45) is 0.802. The highest BCUT2D eigenvalue weighted by molar-refractivity contribution is 4.65. The van der Waals surface area contributed by atoms with E-state index in [1.54, 1.807) is 0 Å². The monoisotopic (exact) mass is 253 g/mol. The van der Waals surface area contributed by atoms with Crippen LogP contribution in [0.5, 0.6) is 0 Å². The van der Waals surface area contributed by atoms with Crippen molar-refractivity contribution in [3.05, 3.63) is 0 Å². The summed E-state index contributed by atoms with van der Waals surface area (Å²) in [7, 11) is 0. The second-order valence-corrected chi connectivity index (χ2v) is 5.05. The zero-order valence-corrected chi connectivity index (χ0v) is 11.0. The Morgan fingerprint density at radius 3 is 2.24 bits per heavy atom. The van der Waals surface area contributed by atoms with E-state index in [4.69, 9.17) is 5.73 Å². The minimum atomic E-state index is -4.00. The Bertz CT molecular complexity index is 180. The molecule has 0 aromatic rings. The molecule has 0 fully saturated rings. The maximum absolute atomic E-state index is 12.1. The zero-order chi connectivity index (χ0) is 13.3. The quantitative estimate of drug-likeness (QED) is 0.601. The molecule has 0 radical (unpaired) electrons. The van der Waals surface area contributed by atoms with E-state index in [1.807, 2.05) is 6.92 Å². The molecule has 0 bridgehead atoms. The fraction of sp³-hybridized carbons (Fsp3) is 1.00. The molecule has 0 aromatic heterocycles. The minimum absolute atomic E-state index is 0.166. The van der Waals surface area contributed by atoms with Crippen molar-refractivity contribution in [2.45, 2.75) is 65.0 Å². The first-order chi connectivity index (χ1) is 7.89. The molecule has 0 rings (SSSR count). The molecule has 2 unspecified atom stereocenters. The molecule has 17 heavy (non-hydrogen) atoms. The number of unbranched alkanes of at least 4 members (excludes halogenated alkanes) is 1. The van der Waals surface area contributed by atoms with Gasteiger partial charge in [-0.05, 0) is 37.6 Å². The van der Waals surface area contributed by atoms with Gasteiger partial charge in [0, 0.05) is 6.42 Å². The number of halogens is 3. The van der Waals surface area contributed by atoms with Gasteiger partial charge in [0.2, 0.25) is 0 Å². The van der Waals surface area contributed by atoms with Gasteiger partial charge in [0.25, 0.3) is 0 Å². The second kappa shape index (κ2) is 8.78. The van der Waals surface area contributed by atoms with Gasteiger partial charge >= 0.3 is 6.18 Å². The van der Waals surface area contributed by atoms with Crippen molar-refractivity contribution in [1.29, 1.82) is 0 Å². The first-order valence-electron chi connectivity index (χ1n) is 6.65. The van der Waals surface area contributed by atoms with Crippen LogP contribution >= 0.6 is 0 Å². The van der Waals surface area contributed by atoms with Gasteiger partial charge in [0.1, 0.15) is 0 Å². The molecule has 0 heterocycles. The summed E-state index contributed by atoms with van der Waals surface area (Å²) in [6, 6.07) is 0. The lowest BCUT2D eigenvalue weighted by Crippen LogP contribution is -2.12. The van der Waals surface area contributed by atoms with Crippen LogP contribution in [0.1, 0.15) is 58.8 Å². The van der Waals surface area contributed by atoms with E-state index in [1.165, 1.54) is 0 Å². The summed E-state index contributed by atoms with van der Waals surface area (Å²) in [4.78, 5) is 0. The maximum Gasteiger partial charge on any atom is 0.389 e. The van der Waals surface area contributed by atoms with E-state index in [2.05, 4.69) is 6.92 Å². The molecule has 104 valence electrons. The largest absolute Gasteiger partial charge is 0.389 e. The summed E-state index contributed by atoms with van der Waals surface area (Å²) >= 11 is 0. The summed E-state index contributed by atoms with van der Waals surface area (Å²) in [6.45, 7) is 4.75. The molecule has 0 aliphatic carbocycles. The molecule has 0 spiro atoms. The number of alkyl halides is 3. The van der Waals surface area contributed by atoms with E-state index < -0.39 is 12.6 Å². The van der Waals surface area contributed by atoms with Gasteiger partial charge in [-0.15, -0.1) is 0 Å². The molecule has 0 aliphatic rings. The lowest BCUT2D eigenvalue weighted by molar-refractivity contribution is -0.137. The van der Waals surface area contributed by atoms with Crippen molar-refractivity contribution in [2.75, 3.05) is 6.54 Å². The number of nitrogens with two attached hydrogens (primary N) is 1.